The van der Waals surface area contributed by atoms with E-state index >= 15 is 0 Å². The summed E-state index contributed by atoms with van der Waals surface area (Å²) >= 11 is 0. The summed E-state index contributed by atoms with van der Waals surface area (Å²) in [4.78, 5) is 2.10. The van der Waals surface area contributed by atoms with Crippen LogP contribution in [0, 0.1) is 13.8 Å². The number of nitrogens with one attached hydrogen (secondary N) is 1. The quantitative estimate of drug-likeness (QED) is 0.662. The Hall–Kier alpha value is -1.84. The largest absolute Gasteiger partial charge is 0.378 e. The van der Waals surface area contributed by atoms with Crippen molar-refractivity contribution in [2.75, 3.05) is 19.0 Å². The average Bonchev–Trinajstić information content (AvgIpc) is 2.44. The molecule has 0 aromatic heterocycles. The van der Waals surface area contributed by atoms with Gasteiger partial charge in [0.2, 0.25) is 0 Å². The Bertz CT molecular complexity index is 591. The number of hydrazine groups is 1. The Morgan fingerprint density at radius 2 is 1.80 bits per heavy atom. The van der Waals surface area contributed by atoms with Gasteiger partial charge in [0.1, 0.15) is 0 Å². The van der Waals surface area contributed by atoms with Gasteiger partial charge in [-0.15, -0.1) is 0 Å². The molecule has 0 saturated carbocycles. The average molecular weight is 269 g/mol. The summed E-state index contributed by atoms with van der Waals surface area (Å²) in [7, 11) is 4.09. The molecule has 0 saturated heterocycles. The molecule has 1 unspecified atom stereocenters. The molecule has 0 aliphatic rings. The fourth-order valence-corrected chi connectivity index (χ4v) is 2.42. The van der Waals surface area contributed by atoms with E-state index in [1.807, 2.05) is 14.1 Å². The number of anilines is 1. The molecule has 0 bridgehead atoms. The molecule has 0 amide bonds. The van der Waals surface area contributed by atoms with Gasteiger partial charge in [-0.25, -0.2) is 5.43 Å². The first-order chi connectivity index (χ1) is 9.52. The Balaban J connectivity index is 2.46. The van der Waals surface area contributed by atoms with Crippen LogP contribution < -0.4 is 16.2 Å². The van der Waals surface area contributed by atoms with Crippen LogP contribution in [0.5, 0.6) is 0 Å². The third-order valence-corrected chi connectivity index (χ3v) is 3.63. The summed E-state index contributed by atoms with van der Waals surface area (Å²) in [5, 5.41) is 0. The van der Waals surface area contributed by atoms with Crippen LogP contribution in [0.25, 0.3) is 0 Å². The third kappa shape index (κ3) is 3.00. The maximum Gasteiger partial charge on any atom is 0.0713 e. The molecule has 3 nitrogen and oxygen atoms in total. The summed E-state index contributed by atoms with van der Waals surface area (Å²) in [6, 6.07) is 14.9. The molecule has 0 aliphatic carbocycles. The highest BCUT2D eigenvalue weighted by molar-refractivity contribution is 5.50. The van der Waals surface area contributed by atoms with Gasteiger partial charge in [-0.3, -0.25) is 5.84 Å². The third-order valence-electron chi connectivity index (χ3n) is 3.63. The molecule has 0 radical (unpaired) electrons. The molecule has 1 atom stereocenters. The molecule has 3 N–H and O–H groups in total. The molecular formula is C17H23N3. The Labute approximate surface area is 121 Å². The monoisotopic (exact) mass is 269 g/mol. The van der Waals surface area contributed by atoms with Crippen LogP contribution in [0.1, 0.15) is 28.3 Å². The molecule has 2 aromatic carbocycles. The predicted molar refractivity (Wildman–Crippen MR) is 85.9 cm³/mol. The number of aryl methyl sites for hydroxylation is 2. The van der Waals surface area contributed by atoms with Crippen molar-refractivity contribution in [1.29, 1.82) is 0 Å². The molecule has 20 heavy (non-hydrogen) atoms. The van der Waals surface area contributed by atoms with Crippen molar-refractivity contribution in [3.8, 4) is 0 Å². The van der Waals surface area contributed by atoms with Crippen LogP contribution in [-0.2, 0) is 0 Å². The number of benzene rings is 2. The highest BCUT2D eigenvalue weighted by atomic mass is 15.2. The minimum atomic E-state index is 0.00907. The molecular weight excluding hydrogens is 246 g/mol. The summed E-state index contributed by atoms with van der Waals surface area (Å²) in [5.41, 5.74) is 9.01. The Morgan fingerprint density at radius 3 is 2.45 bits per heavy atom. The molecule has 0 fully saturated rings. The summed E-state index contributed by atoms with van der Waals surface area (Å²) in [6.07, 6.45) is 0. The van der Waals surface area contributed by atoms with Crippen molar-refractivity contribution in [1.82, 2.24) is 5.43 Å². The lowest BCUT2D eigenvalue weighted by atomic mass is 9.93. The summed E-state index contributed by atoms with van der Waals surface area (Å²) in [6.45, 7) is 4.22. The molecule has 2 rings (SSSR count). The van der Waals surface area contributed by atoms with Crippen LogP contribution in [-0.4, -0.2) is 14.1 Å². The van der Waals surface area contributed by atoms with Gasteiger partial charge in [-0.2, -0.15) is 0 Å². The van der Waals surface area contributed by atoms with Gasteiger partial charge in [0.15, 0.2) is 0 Å². The van der Waals surface area contributed by atoms with E-state index in [2.05, 4.69) is 66.6 Å². The van der Waals surface area contributed by atoms with Crippen LogP contribution >= 0.6 is 0 Å². The normalized spacial score (nSPS) is 12.2. The Morgan fingerprint density at radius 1 is 1.05 bits per heavy atom. The lowest BCUT2D eigenvalue weighted by Crippen LogP contribution is -2.29. The van der Waals surface area contributed by atoms with Crippen molar-refractivity contribution >= 4 is 5.69 Å². The van der Waals surface area contributed by atoms with E-state index in [-0.39, 0.29) is 6.04 Å². The van der Waals surface area contributed by atoms with E-state index in [0.29, 0.717) is 0 Å². The van der Waals surface area contributed by atoms with Gasteiger partial charge < -0.3 is 4.90 Å². The van der Waals surface area contributed by atoms with Crippen LogP contribution in [0.2, 0.25) is 0 Å². The minimum absolute atomic E-state index is 0.00907. The number of nitrogens with zero attached hydrogens (tertiary/aromatic N) is 1. The highest BCUT2D eigenvalue weighted by Gasteiger charge is 2.15. The smallest absolute Gasteiger partial charge is 0.0713 e. The van der Waals surface area contributed by atoms with Crippen molar-refractivity contribution in [2.45, 2.75) is 19.9 Å². The van der Waals surface area contributed by atoms with Gasteiger partial charge in [-0.05, 0) is 42.7 Å². The second-order valence-corrected chi connectivity index (χ2v) is 5.45. The van der Waals surface area contributed by atoms with E-state index in [1.165, 1.54) is 27.9 Å². The Kier molecular flexibility index (Phi) is 4.42. The zero-order chi connectivity index (χ0) is 14.7. The second-order valence-electron chi connectivity index (χ2n) is 5.45. The molecule has 0 spiro atoms. The predicted octanol–water partition coefficient (Wildman–Crippen LogP) is 2.92. The molecule has 106 valence electrons. The summed E-state index contributed by atoms with van der Waals surface area (Å²) in [5.74, 6) is 5.82. The van der Waals surface area contributed by atoms with Gasteiger partial charge in [-0.1, -0.05) is 35.9 Å². The SMILES string of the molecule is Cc1ccc(C)c(C(NN)c2cccc(N(C)C)c2)c1. The minimum Gasteiger partial charge on any atom is -0.378 e. The van der Waals surface area contributed by atoms with Crippen LogP contribution in [0.3, 0.4) is 0 Å². The van der Waals surface area contributed by atoms with Gasteiger partial charge in [0.25, 0.3) is 0 Å². The summed E-state index contributed by atoms with van der Waals surface area (Å²) < 4.78 is 0. The lowest BCUT2D eigenvalue weighted by molar-refractivity contribution is 0.633. The van der Waals surface area contributed by atoms with E-state index < -0.39 is 0 Å². The number of nitrogens with two attached hydrogens (primary N) is 1. The number of hydrogen-bond acceptors (Lipinski definition) is 3. The molecule has 0 heterocycles. The first-order valence-corrected chi connectivity index (χ1v) is 6.83. The van der Waals surface area contributed by atoms with E-state index in [0.717, 1.165) is 0 Å². The zero-order valence-electron chi connectivity index (χ0n) is 12.6. The molecule has 0 aliphatic heterocycles. The topological polar surface area (TPSA) is 41.3 Å². The van der Waals surface area contributed by atoms with E-state index in [9.17, 15) is 0 Å². The second kappa shape index (κ2) is 6.07. The number of hydrogen-bond donors (Lipinski definition) is 2. The first kappa shape index (κ1) is 14.6. The lowest BCUT2D eigenvalue weighted by Gasteiger charge is -2.22. The van der Waals surface area contributed by atoms with Crippen molar-refractivity contribution in [2.24, 2.45) is 5.84 Å². The van der Waals surface area contributed by atoms with Gasteiger partial charge in [0.05, 0.1) is 6.04 Å². The van der Waals surface area contributed by atoms with Crippen LogP contribution in [0.15, 0.2) is 42.5 Å². The first-order valence-electron chi connectivity index (χ1n) is 6.83. The van der Waals surface area contributed by atoms with E-state index in [4.69, 9.17) is 5.84 Å². The molecule has 3 heteroatoms. The molecule has 2 aromatic rings. The van der Waals surface area contributed by atoms with E-state index in [1.54, 1.807) is 0 Å². The van der Waals surface area contributed by atoms with Crippen molar-refractivity contribution < 1.29 is 0 Å². The highest BCUT2D eigenvalue weighted by Crippen LogP contribution is 2.27. The zero-order valence-corrected chi connectivity index (χ0v) is 12.6. The van der Waals surface area contributed by atoms with Gasteiger partial charge in [0, 0.05) is 19.8 Å². The van der Waals surface area contributed by atoms with Crippen LogP contribution in [0.4, 0.5) is 5.69 Å². The van der Waals surface area contributed by atoms with Gasteiger partial charge >= 0.3 is 0 Å². The number of rotatable bonds is 4. The fraction of sp³-hybridized carbons (Fsp3) is 0.294. The maximum atomic E-state index is 5.82. The maximum absolute atomic E-state index is 5.82. The van der Waals surface area contributed by atoms with Crippen molar-refractivity contribution in [3.05, 3.63) is 64.7 Å². The fourth-order valence-electron chi connectivity index (χ4n) is 2.42. The standard InChI is InChI=1S/C17H23N3/c1-12-8-9-13(2)16(10-12)17(19-18)14-6-5-7-15(11-14)20(3)4/h5-11,17,19H,18H2,1-4H3. The van der Waals surface area contributed by atoms with Crippen molar-refractivity contribution in [3.63, 3.8) is 0 Å².